The highest BCUT2D eigenvalue weighted by atomic mass is 32.2. The van der Waals surface area contributed by atoms with Crippen LogP contribution in [0.1, 0.15) is 11.9 Å². The summed E-state index contributed by atoms with van der Waals surface area (Å²) in [5, 5.41) is 10.4. The van der Waals surface area contributed by atoms with E-state index in [0.717, 1.165) is 11.8 Å². The normalized spacial score (nSPS) is 28.9. The van der Waals surface area contributed by atoms with Gasteiger partial charge in [-0.05, 0) is 23.9 Å². The van der Waals surface area contributed by atoms with Crippen LogP contribution in [-0.4, -0.2) is 76.8 Å². The zero-order valence-electron chi connectivity index (χ0n) is 14.9. The van der Waals surface area contributed by atoms with Crippen LogP contribution in [-0.2, 0) is 19.0 Å². The summed E-state index contributed by atoms with van der Waals surface area (Å²) in [5.74, 6) is -0.309. The van der Waals surface area contributed by atoms with Crippen molar-refractivity contribution in [2.75, 3.05) is 46.2 Å². The molecule has 0 radical (unpaired) electrons. The monoisotopic (exact) mass is 409 g/mol. The van der Waals surface area contributed by atoms with Gasteiger partial charge >= 0.3 is 0 Å². The average Bonchev–Trinajstić information content (AvgIpc) is 2.93. The Labute approximate surface area is 164 Å². The van der Waals surface area contributed by atoms with E-state index in [9.17, 15) is 19.7 Å². The Morgan fingerprint density at radius 3 is 2.39 bits per heavy atom. The highest BCUT2D eigenvalue weighted by Crippen LogP contribution is 2.42. The van der Waals surface area contributed by atoms with Crippen molar-refractivity contribution >= 4 is 28.6 Å². The summed E-state index contributed by atoms with van der Waals surface area (Å²) in [4.78, 5) is 38.9. The van der Waals surface area contributed by atoms with Gasteiger partial charge in [0.25, 0.3) is 16.8 Å². The maximum atomic E-state index is 12.9. The lowest BCUT2D eigenvalue weighted by Gasteiger charge is -2.35. The van der Waals surface area contributed by atoms with E-state index in [1.807, 2.05) is 4.90 Å². The van der Waals surface area contributed by atoms with Crippen LogP contribution in [0.3, 0.4) is 0 Å². The molecule has 10 nitrogen and oxygen atoms in total. The van der Waals surface area contributed by atoms with Crippen molar-refractivity contribution in [2.45, 2.75) is 11.0 Å². The second-order valence-corrected chi connectivity index (χ2v) is 8.10. The summed E-state index contributed by atoms with van der Waals surface area (Å²) in [7, 11) is 0. The average molecular weight is 409 g/mol. The standard InChI is InChI=1S/C17H19N3O7S/c21-15-17(28-16(22)19(15)11-18-5-7-25-8-6-18)9-26-14(27-10-17)12-1-3-13(4-2-12)20(23)24/h1-4,14H,5-11H2. The Balaban J connectivity index is 1.39. The lowest BCUT2D eigenvalue weighted by molar-refractivity contribution is -0.384. The number of benzene rings is 1. The molecule has 28 heavy (non-hydrogen) atoms. The van der Waals surface area contributed by atoms with Crippen LogP contribution in [0.5, 0.6) is 0 Å². The minimum Gasteiger partial charge on any atom is -0.379 e. The summed E-state index contributed by atoms with van der Waals surface area (Å²) in [6, 6.07) is 5.85. The Hall–Kier alpha value is -2.05. The van der Waals surface area contributed by atoms with Crippen molar-refractivity contribution in [2.24, 2.45) is 0 Å². The number of carbonyl (C=O) groups excluding carboxylic acids is 2. The molecule has 3 aliphatic rings. The van der Waals surface area contributed by atoms with E-state index >= 15 is 0 Å². The van der Waals surface area contributed by atoms with Gasteiger partial charge in [0.15, 0.2) is 11.0 Å². The Morgan fingerprint density at radius 1 is 1.14 bits per heavy atom. The molecule has 3 heterocycles. The van der Waals surface area contributed by atoms with Gasteiger partial charge in [-0.2, -0.15) is 0 Å². The first-order chi connectivity index (χ1) is 13.5. The van der Waals surface area contributed by atoms with E-state index in [1.54, 1.807) is 12.1 Å². The van der Waals surface area contributed by atoms with E-state index in [2.05, 4.69) is 0 Å². The fourth-order valence-electron chi connectivity index (χ4n) is 3.30. The molecular weight excluding hydrogens is 390 g/mol. The van der Waals surface area contributed by atoms with E-state index < -0.39 is 16.0 Å². The third kappa shape index (κ3) is 3.63. The summed E-state index contributed by atoms with van der Waals surface area (Å²) >= 11 is 0.937. The van der Waals surface area contributed by atoms with E-state index in [4.69, 9.17) is 14.2 Å². The molecule has 0 atom stereocenters. The molecule has 0 aliphatic carbocycles. The number of thioether (sulfide) groups is 1. The molecule has 0 bridgehead atoms. The second kappa shape index (κ2) is 7.76. The number of nitro groups is 1. The van der Waals surface area contributed by atoms with Crippen LogP contribution in [0.2, 0.25) is 0 Å². The van der Waals surface area contributed by atoms with Crippen LogP contribution in [0, 0.1) is 10.1 Å². The molecule has 3 fully saturated rings. The number of amides is 2. The van der Waals surface area contributed by atoms with Gasteiger partial charge in [-0.15, -0.1) is 0 Å². The van der Waals surface area contributed by atoms with Crippen molar-refractivity contribution in [1.82, 2.24) is 9.80 Å². The Bertz CT molecular complexity index is 773. The SMILES string of the molecule is O=C1SC2(COC(c3ccc([N+](=O)[O-])cc3)OC2)C(=O)N1CN1CCOCC1. The van der Waals surface area contributed by atoms with Crippen molar-refractivity contribution < 1.29 is 28.7 Å². The van der Waals surface area contributed by atoms with E-state index in [-0.39, 0.29) is 36.7 Å². The lowest BCUT2D eigenvalue weighted by Crippen LogP contribution is -2.52. The van der Waals surface area contributed by atoms with Crippen molar-refractivity contribution in [3.63, 3.8) is 0 Å². The number of morpholine rings is 1. The first kappa shape index (κ1) is 19.3. The van der Waals surface area contributed by atoms with E-state index in [1.165, 1.54) is 17.0 Å². The Morgan fingerprint density at radius 2 is 1.79 bits per heavy atom. The molecule has 0 unspecified atom stereocenters. The summed E-state index contributed by atoms with van der Waals surface area (Å²) < 4.78 is 15.6. The predicted octanol–water partition coefficient (Wildman–Crippen LogP) is 1.36. The summed E-state index contributed by atoms with van der Waals surface area (Å²) in [5.41, 5.74) is 0.592. The molecule has 4 rings (SSSR count). The van der Waals surface area contributed by atoms with Gasteiger partial charge in [0, 0.05) is 30.8 Å². The number of ether oxygens (including phenoxy) is 3. The van der Waals surface area contributed by atoms with Crippen LogP contribution < -0.4 is 0 Å². The van der Waals surface area contributed by atoms with Gasteiger partial charge in [0.1, 0.15) is 0 Å². The molecule has 1 aromatic rings. The molecule has 3 aliphatic heterocycles. The largest absolute Gasteiger partial charge is 0.379 e. The highest BCUT2D eigenvalue weighted by molar-refractivity contribution is 8.16. The fraction of sp³-hybridized carbons (Fsp3) is 0.529. The van der Waals surface area contributed by atoms with Crippen molar-refractivity contribution in [3.8, 4) is 0 Å². The van der Waals surface area contributed by atoms with Crippen LogP contribution in [0.15, 0.2) is 24.3 Å². The molecule has 3 saturated heterocycles. The maximum absolute atomic E-state index is 12.9. The summed E-state index contributed by atoms with van der Waals surface area (Å²) in [6.45, 7) is 2.80. The number of hydrogen-bond donors (Lipinski definition) is 0. The third-order valence-electron chi connectivity index (χ3n) is 4.89. The summed E-state index contributed by atoms with van der Waals surface area (Å²) in [6.07, 6.45) is -0.733. The van der Waals surface area contributed by atoms with Crippen LogP contribution >= 0.6 is 11.8 Å². The third-order valence-corrected chi connectivity index (χ3v) is 6.09. The second-order valence-electron chi connectivity index (χ2n) is 6.77. The van der Waals surface area contributed by atoms with Crippen molar-refractivity contribution in [3.05, 3.63) is 39.9 Å². The molecular formula is C17H19N3O7S. The molecule has 0 aromatic heterocycles. The zero-order valence-corrected chi connectivity index (χ0v) is 15.8. The highest BCUT2D eigenvalue weighted by Gasteiger charge is 2.56. The van der Waals surface area contributed by atoms with Crippen LogP contribution in [0.25, 0.3) is 0 Å². The quantitative estimate of drug-likeness (QED) is 0.537. The van der Waals surface area contributed by atoms with Crippen molar-refractivity contribution in [1.29, 1.82) is 0 Å². The van der Waals surface area contributed by atoms with Gasteiger partial charge in [-0.25, -0.2) is 0 Å². The topological polar surface area (TPSA) is 111 Å². The smallest absolute Gasteiger partial charge is 0.290 e. The number of nitrogens with zero attached hydrogens (tertiary/aromatic N) is 3. The minimum absolute atomic E-state index is 0.0260. The van der Waals surface area contributed by atoms with Gasteiger partial charge < -0.3 is 14.2 Å². The molecule has 11 heteroatoms. The molecule has 0 saturated carbocycles. The molecule has 1 aromatic carbocycles. The number of rotatable bonds is 4. The fourth-order valence-corrected chi connectivity index (χ4v) is 4.33. The Kier molecular flexibility index (Phi) is 5.34. The van der Waals surface area contributed by atoms with Gasteiger partial charge in [-0.3, -0.25) is 29.5 Å². The number of non-ortho nitro benzene ring substituents is 1. The number of nitro benzene ring substituents is 1. The first-order valence-corrected chi connectivity index (χ1v) is 9.63. The number of imide groups is 1. The lowest BCUT2D eigenvalue weighted by atomic mass is 10.1. The van der Waals surface area contributed by atoms with Gasteiger partial charge in [0.05, 0.1) is 38.0 Å². The predicted molar refractivity (Wildman–Crippen MR) is 97.6 cm³/mol. The zero-order chi connectivity index (χ0) is 19.7. The molecule has 2 amide bonds. The maximum Gasteiger partial charge on any atom is 0.290 e. The number of hydrogen-bond acceptors (Lipinski definition) is 9. The van der Waals surface area contributed by atoms with Gasteiger partial charge in [-0.1, -0.05) is 0 Å². The first-order valence-electron chi connectivity index (χ1n) is 8.81. The minimum atomic E-state index is -1.08. The molecule has 150 valence electrons. The van der Waals surface area contributed by atoms with Gasteiger partial charge in [0.2, 0.25) is 0 Å². The molecule has 0 N–H and O–H groups in total. The molecule has 1 spiro atoms. The van der Waals surface area contributed by atoms with Crippen LogP contribution in [0.4, 0.5) is 10.5 Å². The number of carbonyl (C=O) groups is 2. The van der Waals surface area contributed by atoms with E-state index in [0.29, 0.717) is 31.9 Å².